The molecule has 0 saturated carbocycles. The van der Waals surface area contributed by atoms with Gasteiger partial charge in [-0.25, -0.2) is 4.79 Å². The third-order valence-electron chi connectivity index (χ3n) is 3.53. The third kappa shape index (κ3) is 3.19. The van der Waals surface area contributed by atoms with Crippen LogP contribution in [0.15, 0.2) is 24.3 Å². The second-order valence-electron chi connectivity index (χ2n) is 4.88. The van der Waals surface area contributed by atoms with Crippen LogP contribution in [0.3, 0.4) is 0 Å². The van der Waals surface area contributed by atoms with E-state index in [2.05, 4.69) is 5.32 Å². The van der Waals surface area contributed by atoms with Gasteiger partial charge >= 0.3 is 5.97 Å². The van der Waals surface area contributed by atoms with Gasteiger partial charge in [-0.15, -0.1) is 0 Å². The number of carboxylic acid groups (broad SMARTS) is 1. The highest BCUT2D eigenvalue weighted by Gasteiger charge is 2.43. The number of nitrogens with one attached hydrogen (secondary N) is 1. The maximum atomic E-state index is 11.7. The van der Waals surface area contributed by atoms with E-state index in [9.17, 15) is 9.90 Å². The van der Waals surface area contributed by atoms with Crippen molar-refractivity contribution >= 4 is 23.3 Å². The summed E-state index contributed by atoms with van der Waals surface area (Å²) in [4.78, 5) is 11.7. The van der Waals surface area contributed by atoms with Crippen LogP contribution in [0.4, 0.5) is 5.69 Å². The van der Waals surface area contributed by atoms with Gasteiger partial charge in [-0.2, -0.15) is 0 Å². The molecule has 5 heteroatoms. The molecule has 0 spiro atoms. The van der Waals surface area contributed by atoms with Crippen LogP contribution in [0.25, 0.3) is 0 Å². The average molecular weight is 284 g/mol. The molecule has 1 saturated heterocycles. The van der Waals surface area contributed by atoms with E-state index >= 15 is 0 Å². The van der Waals surface area contributed by atoms with Gasteiger partial charge in [0.25, 0.3) is 0 Å². The summed E-state index contributed by atoms with van der Waals surface area (Å²) in [5, 5.41) is 13.3. The van der Waals surface area contributed by atoms with E-state index in [0.29, 0.717) is 24.5 Å². The highest BCUT2D eigenvalue weighted by atomic mass is 35.5. The van der Waals surface area contributed by atoms with Gasteiger partial charge in [0.1, 0.15) is 5.54 Å². The van der Waals surface area contributed by atoms with Crippen molar-refractivity contribution in [2.24, 2.45) is 0 Å². The third-order valence-corrected chi connectivity index (χ3v) is 3.77. The normalized spacial score (nSPS) is 26.9. The predicted molar refractivity (Wildman–Crippen MR) is 74.7 cm³/mol. The summed E-state index contributed by atoms with van der Waals surface area (Å²) in [7, 11) is 0. The fraction of sp³-hybridized carbons (Fsp3) is 0.500. The summed E-state index contributed by atoms with van der Waals surface area (Å²) >= 11 is 5.93. The molecule has 1 aromatic carbocycles. The molecule has 0 bridgehead atoms. The minimum Gasteiger partial charge on any atom is -0.480 e. The molecular formula is C14H18ClNO3. The molecule has 19 heavy (non-hydrogen) atoms. The second-order valence-corrected chi connectivity index (χ2v) is 5.31. The Balaban J connectivity index is 2.22. The van der Waals surface area contributed by atoms with Gasteiger partial charge in [-0.05, 0) is 24.6 Å². The van der Waals surface area contributed by atoms with Crippen LogP contribution in [-0.4, -0.2) is 29.3 Å². The van der Waals surface area contributed by atoms with Crippen LogP contribution in [0.1, 0.15) is 26.2 Å². The maximum absolute atomic E-state index is 11.7. The van der Waals surface area contributed by atoms with Gasteiger partial charge in [0.15, 0.2) is 0 Å². The monoisotopic (exact) mass is 283 g/mol. The lowest BCUT2D eigenvalue weighted by molar-refractivity contribution is -0.148. The van der Waals surface area contributed by atoms with Gasteiger partial charge in [-0.1, -0.05) is 24.6 Å². The number of aliphatic carboxylic acids is 1. The zero-order chi connectivity index (χ0) is 13.9. The van der Waals surface area contributed by atoms with Crippen LogP contribution in [0.2, 0.25) is 5.02 Å². The lowest BCUT2D eigenvalue weighted by atomic mass is 9.85. The van der Waals surface area contributed by atoms with Crippen molar-refractivity contribution in [2.75, 3.05) is 11.9 Å². The van der Waals surface area contributed by atoms with Crippen molar-refractivity contribution in [2.45, 2.75) is 37.8 Å². The summed E-state index contributed by atoms with van der Waals surface area (Å²) < 4.78 is 5.56. The molecule has 0 amide bonds. The molecule has 0 aromatic heterocycles. The standard InChI is InChI=1S/C14H18ClNO3/c1-2-12-9-14(13(17)18,6-7-19-12)16-11-5-3-4-10(15)8-11/h3-5,8,12,16H,2,6-7,9H2,1H3,(H,17,18). The van der Waals surface area contributed by atoms with Crippen LogP contribution in [-0.2, 0) is 9.53 Å². The number of ether oxygens (including phenoxy) is 1. The predicted octanol–water partition coefficient (Wildman–Crippen LogP) is 3.16. The average Bonchev–Trinajstić information content (AvgIpc) is 2.38. The first-order valence-corrected chi connectivity index (χ1v) is 6.82. The Kier molecular flexibility index (Phi) is 4.32. The summed E-state index contributed by atoms with van der Waals surface area (Å²) in [6.45, 7) is 2.46. The highest BCUT2D eigenvalue weighted by molar-refractivity contribution is 6.30. The molecule has 2 atom stereocenters. The largest absolute Gasteiger partial charge is 0.480 e. The molecule has 104 valence electrons. The van der Waals surface area contributed by atoms with Gasteiger partial charge in [0, 0.05) is 30.2 Å². The molecule has 1 heterocycles. The van der Waals surface area contributed by atoms with Crippen molar-refractivity contribution in [1.29, 1.82) is 0 Å². The lowest BCUT2D eigenvalue weighted by Crippen LogP contribution is -2.52. The molecule has 4 nitrogen and oxygen atoms in total. The van der Waals surface area contributed by atoms with Crippen molar-refractivity contribution in [3.63, 3.8) is 0 Å². The number of carbonyl (C=O) groups is 1. The summed E-state index contributed by atoms with van der Waals surface area (Å²) in [6, 6.07) is 7.13. The minimum atomic E-state index is -0.969. The second kappa shape index (κ2) is 5.80. The van der Waals surface area contributed by atoms with Crippen molar-refractivity contribution in [3.8, 4) is 0 Å². The Morgan fingerprint density at radius 3 is 3.05 bits per heavy atom. The zero-order valence-electron chi connectivity index (χ0n) is 10.9. The highest BCUT2D eigenvalue weighted by Crippen LogP contribution is 2.31. The van der Waals surface area contributed by atoms with Crippen LogP contribution in [0.5, 0.6) is 0 Å². The van der Waals surface area contributed by atoms with E-state index in [1.165, 1.54) is 0 Å². The van der Waals surface area contributed by atoms with Gasteiger partial charge in [0.2, 0.25) is 0 Å². The topological polar surface area (TPSA) is 58.6 Å². The molecule has 2 N–H and O–H groups in total. The molecule has 1 aliphatic rings. The Hall–Kier alpha value is -1.26. The molecule has 1 aliphatic heterocycles. The first-order valence-electron chi connectivity index (χ1n) is 6.44. The fourth-order valence-corrected chi connectivity index (χ4v) is 2.61. The molecule has 2 rings (SSSR count). The molecular weight excluding hydrogens is 266 g/mol. The molecule has 0 radical (unpaired) electrons. The number of anilines is 1. The van der Waals surface area contributed by atoms with Crippen LogP contribution in [0, 0.1) is 0 Å². The Bertz CT molecular complexity index is 466. The van der Waals surface area contributed by atoms with Crippen molar-refractivity contribution < 1.29 is 14.6 Å². The first kappa shape index (κ1) is 14.2. The number of hydrogen-bond acceptors (Lipinski definition) is 3. The quantitative estimate of drug-likeness (QED) is 0.891. The summed E-state index contributed by atoms with van der Waals surface area (Å²) in [6.07, 6.45) is 1.71. The summed E-state index contributed by atoms with van der Waals surface area (Å²) in [5.74, 6) is -0.839. The number of benzene rings is 1. The van der Waals surface area contributed by atoms with E-state index in [1.807, 2.05) is 13.0 Å². The maximum Gasteiger partial charge on any atom is 0.329 e. The van der Waals surface area contributed by atoms with E-state index in [1.54, 1.807) is 18.2 Å². The molecule has 1 aromatic rings. The SMILES string of the molecule is CCC1CC(Nc2cccc(Cl)c2)(C(=O)O)CCO1. The zero-order valence-corrected chi connectivity index (χ0v) is 11.6. The number of hydrogen-bond donors (Lipinski definition) is 2. The Morgan fingerprint density at radius 1 is 1.63 bits per heavy atom. The minimum absolute atomic E-state index is 0.0171. The van der Waals surface area contributed by atoms with Crippen molar-refractivity contribution in [3.05, 3.63) is 29.3 Å². The Labute approximate surface area is 117 Å². The smallest absolute Gasteiger partial charge is 0.329 e. The van der Waals surface area contributed by atoms with E-state index in [0.717, 1.165) is 12.1 Å². The first-order chi connectivity index (χ1) is 9.05. The van der Waals surface area contributed by atoms with E-state index < -0.39 is 11.5 Å². The number of rotatable bonds is 4. The number of carboxylic acids is 1. The van der Waals surface area contributed by atoms with E-state index in [-0.39, 0.29) is 6.10 Å². The van der Waals surface area contributed by atoms with Crippen molar-refractivity contribution in [1.82, 2.24) is 0 Å². The van der Waals surface area contributed by atoms with Gasteiger partial charge < -0.3 is 15.2 Å². The summed E-state index contributed by atoms with van der Waals surface area (Å²) in [5.41, 5.74) is -0.240. The molecule has 1 fully saturated rings. The Morgan fingerprint density at radius 2 is 2.42 bits per heavy atom. The molecule has 2 unspecified atom stereocenters. The van der Waals surface area contributed by atoms with E-state index in [4.69, 9.17) is 16.3 Å². The number of halogens is 1. The van der Waals surface area contributed by atoms with Crippen LogP contribution >= 0.6 is 11.6 Å². The fourth-order valence-electron chi connectivity index (χ4n) is 2.42. The van der Waals surface area contributed by atoms with Crippen LogP contribution < -0.4 is 5.32 Å². The molecule has 0 aliphatic carbocycles. The van der Waals surface area contributed by atoms with Gasteiger partial charge in [0.05, 0.1) is 6.10 Å². The van der Waals surface area contributed by atoms with Gasteiger partial charge in [-0.3, -0.25) is 0 Å². The lowest BCUT2D eigenvalue weighted by Gasteiger charge is -2.38.